The summed E-state index contributed by atoms with van der Waals surface area (Å²) in [6, 6.07) is 36.2. The monoisotopic (exact) mass is 462 g/mol. The van der Waals surface area contributed by atoms with Gasteiger partial charge < -0.3 is 14.9 Å². The maximum Gasteiger partial charge on any atom is 0.334 e. The van der Waals surface area contributed by atoms with E-state index in [1.807, 2.05) is 103 Å². The first-order chi connectivity index (χ1) is 17.1. The molecule has 0 radical (unpaired) electrons. The van der Waals surface area contributed by atoms with Crippen LogP contribution in [0.4, 0.5) is 0 Å². The summed E-state index contributed by atoms with van der Waals surface area (Å²) in [5.41, 5.74) is 0.986. The topological polar surface area (TPSA) is 66.8 Å². The Morgan fingerprint density at radius 1 is 0.629 bits per heavy atom. The molecule has 0 atom stereocenters. The SMILES string of the molecule is C=CC(=O)OC=Cc1ccccc1.Oc1cccc2ccccc12.Oc1cccc2ccccc12. The van der Waals surface area contributed by atoms with E-state index >= 15 is 0 Å². The second kappa shape index (κ2) is 13.0. The van der Waals surface area contributed by atoms with E-state index in [-0.39, 0.29) is 0 Å². The quantitative estimate of drug-likeness (QED) is 0.166. The predicted octanol–water partition coefficient (Wildman–Crippen LogP) is 7.48. The average Bonchev–Trinajstić information content (AvgIpc) is 2.91. The average molecular weight is 463 g/mol. The number of phenolic OH excluding ortho intramolecular Hbond substituents is 2. The maximum absolute atomic E-state index is 10.6. The van der Waals surface area contributed by atoms with Crippen LogP contribution in [0.1, 0.15) is 5.56 Å². The minimum Gasteiger partial charge on any atom is -0.507 e. The molecule has 4 nitrogen and oxygen atoms in total. The summed E-state index contributed by atoms with van der Waals surface area (Å²) in [7, 11) is 0. The van der Waals surface area contributed by atoms with Gasteiger partial charge in [0.05, 0.1) is 6.26 Å². The van der Waals surface area contributed by atoms with E-state index in [4.69, 9.17) is 0 Å². The molecule has 0 saturated carbocycles. The molecule has 0 bridgehead atoms. The zero-order chi connectivity index (χ0) is 24.9. The first kappa shape index (κ1) is 24.8. The fraction of sp³-hybridized carbons (Fsp3) is 0. The van der Waals surface area contributed by atoms with Crippen LogP contribution in [0.3, 0.4) is 0 Å². The molecule has 0 unspecified atom stereocenters. The van der Waals surface area contributed by atoms with Gasteiger partial charge in [0.1, 0.15) is 11.5 Å². The maximum atomic E-state index is 10.6. The molecule has 5 aromatic carbocycles. The van der Waals surface area contributed by atoms with Crippen molar-refractivity contribution in [3.63, 3.8) is 0 Å². The molecule has 0 spiro atoms. The number of ether oxygens (including phenoxy) is 1. The Bertz CT molecular complexity index is 1330. The number of esters is 1. The molecule has 0 aromatic heterocycles. The van der Waals surface area contributed by atoms with Crippen LogP contribution in [0.2, 0.25) is 0 Å². The highest BCUT2D eigenvalue weighted by Gasteiger charge is 1.95. The van der Waals surface area contributed by atoms with Gasteiger partial charge in [-0.05, 0) is 34.5 Å². The van der Waals surface area contributed by atoms with E-state index in [2.05, 4.69) is 11.3 Å². The number of phenols is 2. The van der Waals surface area contributed by atoms with E-state index in [1.165, 1.54) is 6.26 Å². The Morgan fingerprint density at radius 3 is 1.57 bits per heavy atom. The lowest BCUT2D eigenvalue weighted by molar-refractivity contribution is -0.132. The van der Waals surface area contributed by atoms with Crippen LogP contribution in [0.5, 0.6) is 11.5 Å². The highest BCUT2D eigenvalue weighted by Crippen LogP contribution is 2.23. The Kier molecular flexibility index (Phi) is 9.23. The number of hydrogen-bond donors (Lipinski definition) is 2. The van der Waals surface area contributed by atoms with Gasteiger partial charge >= 0.3 is 5.97 Å². The number of benzene rings is 5. The summed E-state index contributed by atoms with van der Waals surface area (Å²) in [6.07, 6.45) is 4.18. The molecule has 5 aromatic rings. The molecule has 35 heavy (non-hydrogen) atoms. The van der Waals surface area contributed by atoms with Gasteiger partial charge in [0.25, 0.3) is 0 Å². The highest BCUT2D eigenvalue weighted by atomic mass is 16.5. The van der Waals surface area contributed by atoms with Gasteiger partial charge in [-0.25, -0.2) is 4.79 Å². The van der Waals surface area contributed by atoms with Gasteiger partial charge in [0, 0.05) is 16.8 Å². The van der Waals surface area contributed by atoms with Crippen LogP contribution < -0.4 is 0 Å². The summed E-state index contributed by atoms with van der Waals surface area (Å²) < 4.78 is 4.66. The molecule has 2 N–H and O–H groups in total. The van der Waals surface area contributed by atoms with Gasteiger partial charge in [0.2, 0.25) is 0 Å². The summed E-state index contributed by atoms with van der Waals surface area (Å²) in [5, 5.41) is 22.7. The number of fused-ring (bicyclic) bond motifs is 2. The molecular weight excluding hydrogens is 436 g/mol. The van der Waals surface area contributed by atoms with Crippen LogP contribution in [0.15, 0.2) is 134 Å². The van der Waals surface area contributed by atoms with Crippen LogP contribution in [-0.4, -0.2) is 16.2 Å². The molecule has 0 aliphatic carbocycles. The van der Waals surface area contributed by atoms with Crippen molar-refractivity contribution >= 4 is 33.6 Å². The fourth-order valence-corrected chi connectivity index (χ4v) is 3.21. The van der Waals surface area contributed by atoms with Crippen LogP contribution in [0, 0.1) is 0 Å². The molecule has 0 amide bonds. The number of carbonyl (C=O) groups is 1. The Balaban J connectivity index is 0.000000147. The third kappa shape index (κ3) is 7.62. The van der Waals surface area contributed by atoms with E-state index in [0.29, 0.717) is 11.5 Å². The molecule has 0 saturated heterocycles. The predicted molar refractivity (Wildman–Crippen MR) is 143 cm³/mol. The largest absolute Gasteiger partial charge is 0.507 e. The van der Waals surface area contributed by atoms with Gasteiger partial charge in [-0.2, -0.15) is 0 Å². The number of aromatic hydroxyl groups is 2. The van der Waals surface area contributed by atoms with E-state index in [1.54, 1.807) is 18.2 Å². The minimum atomic E-state index is -0.452. The zero-order valence-corrected chi connectivity index (χ0v) is 19.1. The van der Waals surface area contributed by atoms with E-state index in [0.717, 1.165) is 33.2 Å². The van der Waals surface area contributed by atoms with Crippen molar-refractivity contribution in [3.05, 3.63) is 140 Å². The molecule has 4 heteroatoms. The lowest BCUT2D eigenvalue weighted by atomic mass is 10.1. The first-order valence-corrected chi connectivity index (χ1v) is 11.0. The van der Waals surface area contributed by atoms with Crippen molar-refractivity contribution in [2.45, 2.75) is 0 Å². The highest BCUT2D eigenvalue weighted by molar-refractivity contribution is 5.88. The summed E-state index contributed by atoms with van der Waals surface area (Å²) in [5.74, 6) is 0.249. The van der Waals surface area contributed by atoms with E-state index < -0.39 is 5.97 Å². The molecule has 0 heterocycles. The van der Waals surface area contributed by atoms with Crippen molar-refractivity contribution in [2.75, 3.05) is 0 Å². The third-order valence-corrected chi connectivity index (χ3v) is 4.94. The van der Waals surface area contributed by atoms with Gasteiger partial charge in [0.15, 0.2) is 0 Å². The first-order valence-electron chi connectivity index (χ1n) is 11.0. The van der Waals surface area contributed by atoms with Gasteiger partial charge in [-0.15, -0.1) is 0 Å². The second-order valence-corrected chi connectivity index (χ2v) is 7.35. The van der Waals surface area contributed by atoms with Crippen molar-refractivity contribution in [1.82, 2.24) is 0 Å². The molecule has 174 valence electrons. The third-order valence-electron chi connectivity index (χ3n) is 4.94. The summed E-state index contributed by atoms with van der Waals surface area (Å²) >= 11 is 0. The van der Waals surface area contributed by atoms with E-state index in [9.17, 15) is 15.0 Å². The smallest absolute Gasteiger partial charge is 0.334 e. The van der Waals surface area contributed by atoms with Gasteiger partial charge in [-0.3, -0.25) is 0 Å². The Morgan fingerprint density at radius 2 is 1.09 bits per heavy atom. The van der Waals surface area contributed by atoms with Crippen LogP contribution in [0.25, 0.3) is 27.6 Å². The minimum absolute atomic E-state index is 0.350. The molecule has 0 aliphatic rings. The normalized spacial score (nSPS) is 10.1. The second-order valence-electron chi connectivity index (χ2n) is 7.35. The summed E-state index contributed by atoms with van der Waals surface area (Å²) in [4.78, 5) is 10.6. The molecule has 0 aliphatic heterocycles. The Hall–Kier alpha value is -4.83. The molecule has 0 fully saturated rings. The lowest BCUT2D eigenvalue weighted by Crippen LogP contribution is -1.91. The van der Waals surface area contributed by atoms with Crippen molar-refractivity contribution in [2.24, 2.45) is 0 Å². The van der Waals surface area contributed by atoms with Crippen LogP contribution >= 0.6 is 0 Å². The number of hydrogen-bond acceptors (Lipinski definition) is 4. The Labute approximate surface area is 204 Å². The van der Waals surface area contributed by atoms with Gasteiger partial charge in [-0.1, -0.05) is 110 Å². The standard InChI is InChI=1S/C11H10O2.2C10H8O/c1-2-11(12)13-9-8-10-6-4-3-5-7-10;2*11-10-7-3-5-8-4-1-2-6-9(8)10/h2-9H,1H2;2*1-7,11H. The zero-order valence-electron chi connectivity index (χ0n) is 19.1. The van der Waals surface area contributed by atoms with Crippen molar-refractivity contribution in [1.29, 1.82) is 0 Å². The molecular formula is C31H26O4. The fourth-order valence-electron chi connectivity index (χ4n) is 3.21. The summed E-state index contributed by atoms with van der Waals surface area (Å²) in [6.45, 7) is 3.28. The lowest BCUT2D eigenvalue weighted by Gasteiger charge is -1.97. The van der Waals surface area contributed by atoms with Crippen molar-refractivity contribution < 1.29 is 19.7 Å². The van der Waals surface area contributed by atoms with Crippen LogP contribution in [-0.2, 0) is 9.53 Å². The number of rotatable bonds is 3. The van der Waals surface area contributed by atoms with Crippen molar-refractivity contribution in [3.8, 4) is 11.5 Å². The number of carbonyl (C=O) groups excluding carboxylic acids is 1. The molecule has 5 rings (SSSR count).